The molecule has 73 heavy (non-hydrogen) atoms. The largest absolute Gasteiger partial charge is 0.465 e. The molecule has 1 heterocycles. The first kappa shape index (κ1) is 59.1. The highest BCUT2D eigenvalue weighted by atomic mass is 16.7. The molecular weight excluding hydrogens is 929 g/mol. The predicted octanol–water partition coefficient (Wildman–Crippen LogP) is 9.43. The molecule has 0 aromatic rings. The van der Waals surface area contributed by atoms with Gasteiger partial charge in [-0.25, -0.2) is 9.59 Å². The van der Waals surface area contributed by atoms with Crippen LogP contribution in [0.5, 0.6) is 0 Å². The van der Waals surface area contributed by atoms with Gasteiger partial charge in [0.25, 0.3) is 0 Å². The molecule has 15 unspecified atom stereocenters. The van der Waals surface area contributed by atoms with Crippen molar-refractivity contribution < 1.29 is 63.6 Å². The molecule has 1 aliphatic heterocycles. The Morgan fingerprint density at radius 1 is 0.808 bits per heavy atom. The van der Waals surface area contributed by atoms with E-state index >= 15 is 0 Å². The molecule has 0 spiro atoms. The van der Waals surface area contributed by atoms with Crippen LogP contribution in [0, 0.1) is 61.6 Å². The van der Waals surface area contributed by atoms with E-state index in [4.69, 9.17) is 23.7 Å². The molecule has 5 N–H and O–H groups in total. The SMILES string of the molecule is C=CC(C)(C)CC/C=C(\CO)C(=O)OC1C(C)OC(O[C@](C)(C=C)CC/C=C(\CO)C(=O)OC2CC3(C(=O)OCC)C(O)CC4(C)C(=CCC5C6(C)CCC(C)C(C)(C)C6CCC54C)C3CC2(C)C)C(O)C1O. The minimum atomic E-state index is -1.64. The zero-order valence-electron chi connectivity index (χ0n) is 46.8. The first-order valence-electron chi connectivity index (χ1n) is 27.5. The molecule has 1 saturated heterocycles. The molecular formula is C60H94O13. The number of hydrogen-bond donors (Lipinski definition) is 5. The standard InChI is InChI=1S/C60H94O13/c1-16-53(6,7)27-19-21-39(35-62)50(67)72-48-37(5)70-51(47(65)46(48)64)73-56(12,17-2)28-20-22-38(34-61)49(66)71-45-33-60(52(68)69-18-3)41(31-54(45,8)9)40-23-24-43-57(13)29-25-36(4)55(10,11)42(57)26-30-58(43,14)59(40,15)32-44(60)63/h16-17,21-23,36-37,41-48,51,61-65H,1-2,18-20,24-35H2,3-15H3/b38-22+,39-21+/t36?,37?,41?,42?,43?,44?,45?,46?,47?,48?,51?,56-,57?,58?,59?,60?/m1/s1. The molecule has 6 aliphatic rings. The van der Waals surface area contributed by atoms with E-state index in [0.717, 1.165) is 19.3 Å². The van der Waals surface area contributed by atoms with Gasteiger partial charge in [-0.3, -0.25) is 4.79 Å². The first-order chi connectivity index (χ1) is 33.9. The molecule has 13 heteroatoms. The Bertz CT molecular complexity index is 2150. The fourth-order valence-corrected chi connectivity index (χ4v) is 15.1. The highest BCUT2D eigenvalue weighted by Crippen LogP contribution is 2.76. The van der Waals surface area contributed by atoms with Gasteiger partial charge in [-0.1, -0.05) is 105 Å². The van der Waals surface area contributed by atoms with Crippen LogP contribution in [0.3, 0.4) is 0 Å². The zero-order chi connectivity index (χ0) is 54.5. The summed E-state index contributed by atoms with van der Waals surface area (Å²) >= 11 is 0. The van der Waals surface area contributed by atoms with Crippen LogP contribution in [0.15, 0.2) is 60.3 Å². The maximum absolute atomic E-state index is 14.6. The molecule has 0 radical (unpaired) electrons. The van der Waals surface area contributed by atoms with Crippen molar-refractivity contribution in [3.8, 4) is 0 Å². The van der Waals surface area contributed by atoms with Gasteiger partial charge in [0.15, 0.2) is 12.4 Å². The lowest BCUT2D eigenvalue weighted by atomic mass is 9.33. The van der Waals surface area contributed by atoms with Crippen LogP contribution in [0.25, 0.3) is 0 Å². The first-order valence-corrected chi connectivity index (χ1v) is 27.5. The quantitative estimate of drug-likeness (QED) is 0.0377. The summed E-state index contributed by atoms with van der Waals surface area (Å²) in [4.78, 5) is 41.8. The van der Waals surface area contributed by atoms with Crippen molar-refractivity contribution in [2.24, 2.45) is 61.6 Å². The number of carbonyl (C=O) groups excluding carboxylic acids is 3. The number of aliphatic hydroxyl groups is 5. The summed E-state index contributed by atoms with van der Waals surface area (Å²) in [6.45, 7) is 34.7. The Kier molecular flexibility index (Phi) is 17.6. The molecule has 4 saturated carbocycles. The van der Waals surface area contributed by atoms with Gasteiger partial charge in [-0.05, 0) is 142 Å². The molecule has 6 rings (SSSR count). The minimum Gasteiger partial charge on any atom is -0.465 e. The highest BCUT2D eigenvalue weighted by Gasteiger charge is 2.72. The van der Waals surface area contributed by atoms with E-state index in [2.05, 4.69) is 74.6 Å². The molecule has 412 valence electrons. The summed E-state index contributed by atoms with van der Waals surface area (Å²) in [5.41, 5.74) is -2.13. The van der Waals surface area contributed by atoms with Gasteiger partial charge in [0, 0.05) is 11.8 Å². The van der Waals surface area contributed by atoms with E-state index < -0.39 is 90.5 Å². The number of rotatable bonds is 18. The Labute approximate surface area is 437 Å². The maximum atomic E-state index is 14.6. The summed E-state index contributed by atoms with van der Waals surface area (Å²) in [6, 6.07) is 0. The number of allylic oxidation sites excluding steroid dienone is 5. The molecule has 0 aromatic carbocycles. The van der Waals surface area contributed by atoms with Crippen molar-refractivity contribution in [3.05, 3.63) is 60.3 Å². The fourth-order valence-electron chi connectivity index (χ4n) is 15.1. The second kappa shape index (κ2) is 21.7. The normalized spacial score (nSPS) is 40.0. The van der Waals surface area contributed by atoms with Gasteiger partial charge in [-0.2, -0.15) is 0 Å². The summed E-state index contributed by atoms with van der Waals surface area (Å²) in [5, 5.41) is 55.6. The lowest BCUT2D eigenvalue weighted by Gasteiger charge is -2.72. The third-order valence-electron chi connectivity index (χ3n) is 20.8. The summed E-state index contributed by atoms with van der Waals surface area (Å²) in [5.74, 6) is -0.673. The maximum Gasteiger partial charge on any atom is 0.336 e. The number of esters is 3. The van der Waals surface area contributed by atoms with E-state index in [-0.39, 0.29) is 70.0 Å². The Hall–Kier alpha value is -3.17. The van der Waals surface area contributed by atoms with Gasteiger partial charge >= 0.3 is 17.9 Å². The molecule has 13 nitrogen and oxygen atoms in total. The van der Waals surface area contributed by atoms with Gasteiger partial charge in [0.2, 0.25) is 0 Å². The van der Waals surface area contributed by atoms with Crippen LogP contribution in [0.1, 0.15) is 167 Å². The summed E-state index contributed by atoms with van der Waals surface area (Å²) in [7, 11) is 0. The molecule has 5 aliphatic carbocycles. The van der Waals surface area contributed by atoms with Crippen LogP contribution in [-0.2, 0) is 38.1 Å². The average molecular weight is 1020 g/mol. The van der Waals surface area contributed by atoms with Crippen LogP contribution in [0.2, 0.25) is 0 Å². The highest BCUT2D eigenvalue weighted by molar-refractivity contribution is 5.89. The van der Waals surface area contributed by atoms with Crippen molar-refractivity contribution in [1.29, 1.82) is 0 Å². The van der Waals surface area contributed by atoms with E-state index in [1.165, 1.54) is 24.5 Å². The number of ether oxygens (including phenoxy) is 5. The number of fused-ring (bicyclic) bond motifs is 7. The lowest BCUT2D eigenvalue weighted by molar-refractivity contribution is -0.314. The fraction of sp³-hybridized carbons (Fsp3) is 0.783. The van der Waals surface area contributed by atoms with Gasteiger partial charge in [0.05, 0.1) is 48.8 Å². The molecule has 0 aromatic heterocycles. The topological polar surface area (TPSA) is 199 Å². The predicted molar refractivity (Wildman–Crippen MR) is 280 cm³/mol. The number of carbonyl (C=O) groups is 3. The van der Waals surface area contributed by atoms with Gasteiger partial charge in [-0.15, -0.1) is 13.2 Å². The van der Waals surface area contributed by atoms with Crippen LogP contribution < -0.4 is 0 Å². The van der Waals surface area contributed by atoms with Crippen LogP contribution in [0.4, 0.5) is 0 Å². The number of aliphatic hydroxyl groups excluding tert-OH is 5. The molecule has 5 fully saturated rings. The number of hydrogen-bond acceptors (Lipinski definition) is 13. The molecule has 0 amide bonds. The average Bonchev–Trinajstić information content (AvgIpc) is 3.31. The second-order valence-electron chi connectivity index (χ2n) is 26.1. The third-order valence-corrected chi connectivity index (χ3v) is 20.8. The third kappa shape index (κ3) is 10.7. The summed E-state index contributed by atoms with van der Waals surface area (Å²) < 4.78 is 30.0. The Morgan fingerprint density at radius 2 is 1.42 bits per heavy atom. The van der Waals surface area contributed by atoms with Gasteiger partial charge < -0.3 is 49.2 Å². The summed E-state index contributed by atoms with van der Waals surface area (Å²) in [6.07, 6.45) is 8.37. The van der Waals surface area contributed by atoms with Crippen molar-refractivity contribution >= 4 is 17.9 Å². The van der Waals surface area contributed by atoms with Crippen molar-refractivity contribution in [1.82, 2.24) is 0 Å². The molecule has 16 atom stereocenters. The van der Waals surface area contributed by atoms with Crippen molar-refractivity contribution in [3.63, 3.8) is 0 Å². The Balaban J connectivity index is 1.15. The Morgan fingerprint density at radius 3 is 2.01 bits per heavy atom. The molecule has 0 bridgehead atoms. The van der Waals surface area contributed by atoms with Crippen molar-refractivity contribution in [2.45, 2.75) is 216 Å². The van der Waals surface area contributed by atoms with E-state index in [1.54, 1.807) is 32.9 Å². The van der Waals surface area contributed by atoms with E-state index in [9.17, 15) is 39.9 Å². The minimum absolute atomic E-state index is 0.00740. The smallest absolute Gasteiger partial charge is 0.336 e. The van der Waals surface area contributed by atoms with E-state index in [1.807, 2.05) is 19.9 Å². The van der Waals surface area contributed by atoms with Crippen LogP contribution >= 0.6 is 0 Å². The van der Waals surface area contributed by atoms with Crippen LogP contribution in [-0.4, -0.2) is 112 Å². The van der Waals surface area contributed by atoms with Crippen molar-refractivity contribution in [2.75, 3.05) is 19.8 Å². The zero-order valence-corrected chi connectivity index (χ0v) is 46.8. The van der Waals surface area contributed by atoms with E-state index in [0.29, 0.717) is 43.4 Å². The van der Waals surface area contributed by atoms with Gasteiger partial charge in [0.1, 0.15) is 23.7 Å². The lowest BCUT2D eigenvalue weighted by Crippen LogP contribution is -2.68. The second-order valence-corrected chi connectivity index (χ2v) is 26.1. The monoisotopic (exact) mass is 1020 g/mol.